The van der Waals surface area contributed by atoms with E-state index in [0.717, 1.165) is 16.1 Å². The molecule has 0 bridgehead atoms. The topological polar surface area (TPSA) is 79.3 Å². The van der Waals surface area contributed by atoms with Crippen molar-refractivity contribution in [3.8, 4) is 10.6 Å². The number of rotatable bonds is 6. The summed E-state index contributed by atoms with van der Waals surface area (Å²) in [6, 6.07) is 13.9. The third kappa shape index (κ3) is 4.68. The van der Waals surface area contributed by atoms with Crippen molar-refractivity contribution in [3.05, 3.63) is 75.8 Å². The SMILES string of the molecule is O=C(Cc1csc(-c2cccc(Cl)c2)n1)NCc1cccc(C(=O)O)c1. The fourth-order valence-electron chi connectivity index (χ4n) is 2.38. The van der Waals surface area contributed by atoms with Crippen molar-refractivity contribution in [3.63, 3.8) is 0 Å². The number of aromatic carboxylic acids is 1. The van der Waals surface area contributed by atoms with E-state index in [-0.39, 0.29) is 24.4 Å². The smallest absolute Gasteiger partial charge is 0.335 e. The Morgan fingerprint density at radius 3 is 2.73 bits per heavy atom. The van der Waals surface area contributed by atoms with Crippen molar-refractivity contribution in [1.29, 1.82) is 0 Å². The van der Waals surface area contributed by atoms with E-state index in [0.29, 0.717) is 10.7 Å². The van der Waals surface area contributed by atoms with Gasteiger partial charge in [0, 0.05) is 22.5 Å². The lowest BCUT2D eigenvalue weighted by atomic mass is 10.1. The van der Waals surface area contributed by atoms with Gasteiger partial charge in [-0.25, -0.2) is 9.78 Å². The molecule has 0 radical (unpaired) electrons. The zero-order valence-corrected chi connectivity index (χ0v) is 15.2. The Hall–Kier alpha value is -2.70. The van der Waals surface area contributed by atoms with E-state index >= 15 is 0 Å². The molecule has 0 fully saturated rings. The number of halogens is 1. The summed E-state index contributed by atoms with van der Waals surface area (Å²) < 4.78 is 0. The first kappa shape index (κ1) is 18.1. The number of carbonyl (C=O) groups excluding carboxylic acids is 1. The molecule has 26 heavy (non-hydrogen) atoms. The van der Waals surface area contributed by atoms with E-state index in [1.165, 1.54) is 17.4 Å². The fraction of sp³-hybridized carbons (Fsp3) is 0.105. The molecule has 2 N–H and O–H groups in total. The largest absolute Gasteiger partial charge is 0.478 e. The molecule has 1 aromatic heterocycles. The molecule has 3 rings (SSSR count). The van der Waals surface area contributed by atoms with Gasteiger partial charge in [0.15, 0.2) is 0 Å². The molecule has 0 saturated carbocycles. The van der Waals surface area contributed by atoms with Crippen LogP contribution in [-0.4, -0.2) is 22.0 Å². The van der Waals surface area contributed by atoms with Crippen molar-refractivity contribution in [2.24, 2.45) is 0 Å². The minimum absolute atomic E-state index is 0.162. The van der Waals surface area contributed by atoms with Gasteiger partial charge in [0.1, 0.15) is 5.01 Å². The summed E-state index contributed by atoms with van der Waals surface area (Å²) in [5.41, 5.74) is 2.53. The highest BCUT2D eigenvalue weighted by atomic mass is 35.5. The van der Waals surface area contributed by atoms with Crippen molar-refractivity contribution in [1.82, 2.24) is 10.3 Å². The number of thiazole rings is 1. The summed E-state index contributed by atoms with van der Waals surface area (Å²) in [6.45, 7) is 0.269. The number of carboxylic acid groups (broad SMARTS) is 1. The normalized spacial score (nSPS) is 10.5. The third-order valence-corrected chi connectivity index (χ3v) is 4.80. The first-order chi connectivity index (χ1) is 12.5. The number of benzene rings is 2. The summed E-state index contributed by atoms with van der Waals surface area (Å²) in [5.74, 6) is -1.16. The quantitative estimate of drug-likeness (QED) is 0.670. The Morgan fingerprint density at radius 1 is 1.15 bits per heavy atom. The van der Waals surface area contributed by atoms with Gasteiger partial charge in [-0.2, -0.15) is 0 Å². The molecule has 5 nitrogen and oxygen atoms in total. The summed E-state index contributed by atoms with van der Waals surface area (Å²) in [7, 11) is 0. The minimum Gasteiger partial charge on any atom is -0.478 e. The lowest BCUT2D eigenvalue weighted by molar-refractivity contribution is -0.120. The Morgan fingerprint density at radius 2 is 1.96 bits per heavy atom. The number of carboxylic acids is 1. The highest BCUT2D eigenvalue weighted by molar-refractivity contribution is 7.13. The molecule has 0 aliphatic heterocycles. The van der Waals surface area contributed by atoms with Crippen LogP contribution in [0.5, 0.6) is 0 Å². The number of nitrogens with one attached hydrogen (secondary N) is 1. The molecule has 0 unspecified atom stereocenters. The molecule has 2 aromatic carbocycles. The van der Waals surface area contributed by atoms with Gasteiger partial charge in [-0.15, -0.1) is 11.3 Å². The van der Waals surface area contributed by atoms with E-state index in [9.17, 15) is 9.59 Å². The van der Waals surface area contributed by atoms with E-state index < -0.39 is 5.97 Å². The fourth-order valence-corrected chi connectivity index (χ4v) is 3.39. The van der Waals surface area contributed by atoms with Gasteiger partial charge in [-0.05, 0) is 29.8 Å². The maximum absolute atomic E-state index is 12.1. The molecule has 132 valence electrons. The number of hydrogen-bond donors (Lipinski definition) is 2. The number of carbonyl (C=O) groups is 2. The van der Waals surface area contributed by atoms with E-state index in [1.807, 2.05) is 23.6 Å². The number of aromatic nitrogens is 1. The number of amides is 1. The van der Waals surface area contributed by atoms with Gasteiger partial charge in [0.05, 0.1) is 17.7 Å². The van der Waals surface area contributed by atoms with Crippen LogP contribution in [0.3, 0.4) is 0 Å². The van der Waals surface area contributed by atoms with Crippen LogP contribution in [-0.2, 0) is 17.8 Å². The predicted molar refractivity (Wildman–Crippen MR) is 102 cm³/mol. The predicted octanol–water partition coefficient (Wildman–Crippen LogP) is 4.02. The van der Waals surface area contributed by atoms with Crippen LogP contribution in [0.25, 0.3) is 10.6 Å². The molecule has 0 aliphatic carbocycles. The van der Waals surface area contributed by atoms with Gasteiger partial charge in [-0.3, -0.25) is 4.79 Å². The first-order valence-electron chi connectivity index (χ1n) is 7.80. The van der Waals surface area contributed by atoms with E-state index in [2.05, 4.69) is 10.3 Å². The molecule has 7 heteroatoms. The molecule has 0 aliphatic rings. The Kier molecular flexibility index (Phi) is 5.65. The average molecular weight is 387 g/mol. The van der Waals surface area contributed by atoms with Crippen LogP contribution in [0.2, 0.25) is 5.02 Å². The highest BCUT2D eigenvalue weighted by Crippen LogP contribution is 2.26. The standard InChI is InChI=1S/C19H15ClN2O3S/c20-15-6-2-4-13(8-15)18-22-16(11-26-18)9-17(23)21-10-12-3-1-5-14(7-12)19(24)25/h1-8,11H,9-10H2,(H,21,23)(H,24,25). The first-order valence-corrected chi connectivity index (χ1v) is 9.06. The number of hydrogen-bond acceptors (Lipinski definition) is 4. The Balaban J connectivity index is 1.59. The van der Waals surface area contributed by atoms with Crippen LogP contribution in [0.15, 0.2) is 53.9 Å². The molecule has 0 saturated heterocycles. The second kappa shape index (κ2) is 8.12. The van der Waals surface area contributed by atoms with Crippen LogP contribution in [0, 0.1) is 0 Å². The summed E-state index contributed by atoms with van der Waals surface area (Å²) in [4.78, 5) is 27.6. The second-order valence-electron chi connectivity index (χ2n) is 5.61. The van der Waals surface area contributed by atoms with Gasteiger partial charge in [0.2, 0.25) is 5.91 Å². The molecular formula is C19H15ClN2O3S. The molecular weight excluding hydrogens is 372 g/mol. The maximum atomic E-state index is 12.1. The molecule has 0 spiro atoms. The molecule has 1 amide bonds. The van der Waals surface area contributed by atoms with E-state index in [1.54, 1.807) is 24.3 Å². The molecule has 1 heterocycles. The van der Waals surface area contributed by atoms with Gasteiger partial charge in [-0.1, -0.05) is 35.9 Å². The number of nitrogens with zero attached hydrogens (tertiary/aromatic N) is 1. The van der Waals surface area contributed by atoms with E-state index in [4.69, 9.17) is 16.7 Å². The summed E-state index contributed by atoms with van der Waals surface area (Å²) in [6.07, 6.45) is 0.162. The monoisotopic (exact) mass is 386 g/mol. The van der Waals surface area contributed by atoms with Crippen LogP contribution in [0.4, 0.5) is 0 Å². The van der Waals surface area contributed by atoms with Crippen molar-refractivity contribution < 1.29 is 14.7 Å². The highest BCUT2D eigenvalue weighted by Gasteiger charge is 2.10. The van der Waals surface area contributed by atoms with Crippen molar-refractivity contribution >= 4 is 34.8 Å². The Bertz CT molecular complexity index is 955. The van der Waals surface area contributed by atoms with Crippen molar-refractivity contribution in [2.75, 3.05) is 0 Å². The second-order valence-corrected chi connectivity index (χ2v) is 6.91. The Labute approximate surface area is 159 Å². The minimum atomic E-state index is -0.991. The molecule has 0 atom stereocenters. The summed E-state index contributed by atoms with van der Waals surface area (Å²) >= 11 is 7.45. The van der Waals surface area contributed by atoms with Crippen LogP contribution >= 0.6 is 22.9 Å². The summed E-state index contributed by atoms with van der Waals surface area (Å²) in [5, 5.41) is 15.1. The zero-order chi connectivity index (χ0) is 18.5. The molecule has 3 aromatic rings. The van der Waals surface area contributed by atoms with Crippen LogP contribution in [0.1, 0.15) is 21.6 Å². The lowest BCUT2D eigenvalue weighted by Crippen LogP contribution is -2.24. The lowest BCUT2D eigenvalue weighted by Gasteiger charge is -2.05. The maximum Gasteiger partial charge on any atom is 0.335 e. The van der Waals surface area contributed by atoms with Crippen LogP contribution < -0.4 is 5.32 Å². The van der Waals surface area contributed by atoms with Crippen molar-refractivity contribution in [2.45, 2.75) is 13.0 Å². The average Bonchev–Trinajstić information content (AvgIpc) is 3.09. The third-order valence-electron chi connectivity index (χ3n) is 3.63. The van der Waals surface area contributed by atoms with Gasteiger partial charge < -0.3 is 10.4 Å². The van der Waals surface area contributed by atoms with Gasteiger partial charge in [0.25, 0.3) is 0 Å². The zero-order valence-electron chi connectivity index (χ0n) is 13.6. The van der Waals surface area contributed by atoms with Gasteiger partial charge >= 0.3 is 5.97 Å².